The number of ether oxygens (including phenoxy) is 1. The highest BCUT2D eigenvalue weighted by atomic mass is 16.5. The minimum Gasteiger partial charge on any atom is -0.380 e. The van der Waals surface area contributed by atoms with E-state index in [9.17, 15) is 0 Å². The van der Waals surface area contributed by atoms with Crippen molar-refractivity contribution in [3.8, 4) is 0 Å². The molecule has 0 aromatic heterocycles. The highest BCUT2D eigenvalue weighted by Crippen LogP contribution is 2.23. The van der Waals surface area contributed by atoms with Crippen molar-refractivity contribution in [2.24, 2.45) is 5.73 Å². The zero-order valence-electron chi connectivity index (χ0n) is 12.1. The molecule has 102 valence electrons. The Kier molecular flexibility index (Phi) is 5.38. The van der Waals surface area contributed by atoms with Crippen LogP contribution in [0.4, 0.5) is 0 Å². The molecule has 0 aliphatic carbocycles. The number of hydrogen-bond acceptors (Lipinski definition) is 4. The van der Waals surface area contributed by atoms with Crippen LogP contribution in [0.25, 0.3) is 0 Å². The second kappa shape index (κ2) is 6.14. The van der Waals surface area contributed by atoms with Gasteiger partial charge in [0.25, 0.3) is 0 Å². The predicted octanol–water partition coefficient (Wildman–Crippen LogP) is 0.765. The lowest BCUT2D eigenvalue weighted by molar-refractivity contribution is -0.0260. The first-order valence-electron chi connectivity index (χ1n) is 6.60. The smallest absolute Gasteiger partial charge is 0.0736 e. The first-order valence-corrected chi connectivity index (χ1v) is 6.60. The Bertz CT molecular complexity index is 237. The summed E-state index contributed by atoms with van der Waals surface area (Å²) in [4.78, 5) is 4.82. The molecule has 1 aliphatic rings. The van der Waals surface area contributed by atoms with Gasteiger partial charge < -0.3 is 15.4 Å². The number of hydrogen-bond donors (Lipinski definition) is 1. The Morgan fingerprint density at radius 1 is 1.59 bits per heavy atom. The fourth-order valence-electron chi connectivity index (χ4n) is 2.62. The van der Waals surface area contributed by atoms with E-state index in [2.05, 4.69) is 37.7 Å². The highest BCUT2D eigenvalue weighted by molar-refractivity contribution is 4.93. The molecule has 0 aromatic carbocycles. The standard InChI is InChI=1S/C13H29N3O/c1-11(17-5)13(2,10-14)16(4)9-12-7-6-8-15(12)3/h11-12H,6-10,14H2,1-5H3. The molecule has 0 saturated carbocycles. The molecule has 1 saturated heterocycles. The summed E-state index contributed by atoms with van der Waals surface area (Å²) in [6.07, 6.45) is 2.75. The van der Waals surface area contributed by atoms with Gasteiger partial charge in [0.05, 0.1) is 11.6 Å². The second-order valence-corrected chi connectivity index (χ2v) is 5.60. The molecule has 1 fully saturated rings. The summed E-state index contributed by atoms with van der Waals surface area (Å²) in [6, 6.07) is 0.662. The van der Waals surface area contributed by atoms with E-state index in [0.29, 0.717) is 12.6 Å². The number of nitrogens with zero attached hydrogens (tertiary/aromatic N) is 2. The van der Waals surface area contributed by atoms with Gasteiger partial charge in [-0.3, -0.25) is 4.90 Å². The van der Waals surface area contributed by atoms with Gasteiger partial charge in [-0.25, -0.2) is 0 Å². The molecule has 0 amide bonds. The Balaban J connectivity index is 2.62. The number of likely N-dealkylation sites (tertiary alicyclic amines) is 1. The number of methoxy groups -OCH3 is 1. The van der Waals surface area contributed by atoms with Crippen LogP contribution in [-0.2, 0) is 4.74 Å². The molecule has 0 spiro atoms. The summed E-state index contributed by atoms with van der Waals surface area (Å²) in [5.41, 5.74) is 5.87. The van der Waals surface area contributed by atoms with Crippen LogP contribution in [0.2, 0.25) is 0 Å². The van der Waals surface area contributed by atoms with Gasteiger partial charge in [0, 0.05) is 26.2 Å². The van der Waals surface area contributed by atoms with Crippen LogP contribution in [0.15, 0.2) is 0 Å². The van der Waals surface area contributed by atoms with Crippen LogP contribution >= 0.6 is 0 Å². The first-order chi connectivity index (χ1) is 7.95. The van der Waals surface area contributed by atoms with Crippen LogP contribution in [-0.4, -0.2) is 68.3 Å². The Morgan fingerprint density at radius 2 is 2.24 bits per heavy atom. The topological polar surface area (TPSA) is 41.7 Å². The van der Waals surface area contributed by atoms with E-state index >= 15 is 0 Å². The molecule has 4 nitrogen and oxygen atoms in total. The lowest BCUT2D eigenvalue weighted by Crippen LogP contribution is -2.59. The summed E-state index contributed by atoms with van der Waals surface area (Å²) in [5.74, 6) is 0. The van der Waals surface area contributed by atoms with Gasteiger partial charge in [0.15, 0.2) is 0 Å². The lowest BCUT2D eigenvalue weighted by Gasteiger charge is -2.43. The second-order valence-electron chi connectivity index (χ2n) is 5.60. The van der Waals surface area contributed by atoms with Gasteiger partial charge in [-0.05, 0) is 47.3 Å². The molecule has 2 N–H and O–H groups in total. The van der Waals surface area contributed by atoms with Gasteiger partial charge in [-0.15, -0.1) is 0 Å². The summed E-state index contributed by atoms with van der Waals surface area (Å²) in [5, 5.41) is 0. The molecule has 0 radical (unpaired) electrons. The first kappa shape index (κ1) is 14.9. The molecule has 17 heavy (non-hydrogen) atoms. The summed E-state index contributed by atoms with van der Waals surface area (Å²) in [6.45, 7) is 7.20. The van der Waals surface area contributed by atoms with Crippen molar-refractivity contribution in [2.45, 2.75) is 44.4 Å². The van der Waals surface area contributed by atoms with Crippen LogP contribution in [0.3, 0.4) is 0 Å². The van der Waals surface area contributed by atoms with Gasteiger partial charge >= 0.3 is 0 Å². The van der Waals surface area contributed by atoms with Gasteiger partial charge in [0.2, 0.25) is 0 Å². The van der Waals surface area contributed by atoms with Crippen LogP contribution in [0.5, 0.6) is 0 Å². The van der Waals surface area contributed by atoms with E-state index in [1.165, 1.54) is 19.4 Å². The molecular weight excluding hydrogens is 214 g/mol. The molecule has 0 aromatic rings. The number of nitrogens with two attached hydrogens (primary N) is 1. The monoisotopic (exact) mass is 243 g/mol. The van der Waals surface area contributed by atoms with E-state index in [0.717, 1.165) is 6.54 Å². The maximum absolute atomic E-state index is 5.96. The average molecular weight is 243 g/mol. The van der Waals surface area contributed by atoms with Crippen molar-refractivity contribution in [1.82, 2.24) is 9.80 Å². The van der Waals surface area contributed by atoms with Gasteiger partial charge in [0.1, 0.15) is 0 Å². The third-order valence-electron chi connectivity index (χ3n) is 4.67. The lowest BCUT2D eigenvalue weighted by atomic mass is 9.93. The summed E-state index contributed by atoms with van der Waals surface area (Å²) >= 11 is 0. The Hall–Kier alpha value is -0.160. The van der Waals surface area contributed by atoms with E-state index in [-0.39, 0.29) is 11.6 Å². The van der Waals surface area contributed by atoms with Crippen molar-refractivity contribution < 1.29 is 4.74 Å². The van der Waals surface area contributed by atoms with Crippen molar-refractivity contribution in [3.63, 3.8) is 0 Å². The average Bonchev–Trinajstić information content (AvgIpc) is 2.72. The Morgan fingerprint density at radius 3 is 2.65 bits per heavy atom. The van der Waals surface area contributed by atoms with E-state index < -0.39 is 0 Å². The minimum absolute atomic E-state index is 0.0851. The van der Waals surface area contributed by atoms with Crippen molar-refractivity contribution in [3.05, 3.63) is 0 Å². The normalized spacial score (nSPS) is 27.4. The van der Waals surface area contributed by atoms with Crippen molar-refractivity contribution in [2.75, 3.05) is 40.8 Å². The largest absolute Gasteiger partial charge is 0.380 e. The molecule has 3 unspecified atom stereocenters. The van der Waals surface area contributed by atoms with Gasteiger partial charge in [-0.2, -0.15) is 0 Å². The van der Waals surface area contributed by atoms with Crippen molar-refractivity contribution >= 4 is 0 Å². The fraction of sp³-hybridized carbons (Fsp3) is 1.00. The molecule has 0 bridgehead atoms. The maximum Gasteiger partial charge on any atom is 0.0736 e. The predicted molar refractivity (Wildman–Crippen MR) is 72.2 cm³/mol. The SMILES string of the molecule is COC(C)C(C)(CN)N(C)CC1CCCN1C. The molecule has 1 aliphatic heterocycles. The molecule has 4 heteroatoms. The molecular formula is C13H29N3O. The minimum atomic E-state index is -0.0851. The Labute approximate surface area is 106 Å². The summed E-state index contributed by atoms with van der Waals surface area (Å²) < 4.78 is 5.48. The van der Waals surface area contributed by atoms with Crippen LogP contribution < -0.4 is 5.73 Å². The van der Waals surface area contributed by atoms with E-state index in [1.807, 2.05) is 0 Å². The molecule has 3 atom stereocenters. The zero-order valence-corrected chi connectivity index (χ0v) is 12.1. The van der Waals surface area contributed by atoms with Crippen molar-refractivity contribution in [1.29, 1.82) is 0 Å². The maximum atomic E-state index is 5.96. The fourth-order valence-corrected chi connectivity index (χ4v) is 2.62. The van der Waals surface area contributed by atoms with Gasteiger partial charge in [-0.1, -0.05) is 0 Å². The molecule has 1 heterocycles. The highest BCUT2D eigenvalue weighted by Gasteiger charge is 2.36. The number of likely N-dealkylation sites (N-methyl/N-ethyl adjacent to an activating group) is 2. The van der Waals surface area contributed by atoms with E-state index in [1.54, 1.807) is 7.11 Å². The quantitative estimate of drug-likeness (QED) is 0.748. The third-order valence-corrected chi connectivity index (χ3v) is 4.67. The molecule has 1 rings (SSSR count). The van der Waals surface area contributed by atoms with E-state index in [4.69, 9.17) is 10.5 Å². The zero-order chi connectivity index (χ0) is 13.1. The van der Waals surface area contributed by atoms with Crippen LogP contribution in [0, 0.1) is 0 Å². The number of rotatable bonds is 6. The summed E-state index contributed by atoms with van der Waals surface area (Å²) in [7, 11) is 6.13. The third kappa shape index (κ3) is 3.19. The van der Waals surface area contributed by atoms with Crippen LogP contribution in [0.1, 0.15) is 26.7 Å².